The van der Waals surface area contributed by atoms with E-state index in [4.69, 9.17) is 11.6 Å². The summed E-state index contributed by atoms with van der Waals surface area (Å²) >= 11 is 5.67. The smallest absolute Gasteiger partial charge is 0.129 e. The molecule has 1 aliphatic rings. The van der Waals surface area contributed by atoms with Gasteiger partial charge in [0.1, 0.15) is 11.6 Å². The normalized spacial score (nSPS) is 19.5. The summed E-state index contributed by atoms with van der Waals surface area (Å²) in [7, 11) is 0. The Labute approximate surface area is 184 Å². The molecule has 3 rings (SSSR count). The number of unbranched alkanes of at least 4 members (excludes halogenated alkanes) is 2. The van der Waals surface area contributed by atoms with Crippen molar-refractivity contribution in [1.29, 1.82) is 0 Å². The van der Waals surface area contributed by atoms with Crippen LogP contribution in [0.15, 0.2) is 42.1 Å². The summed E-state index contributed by atoms with van der Waals surface area (Å²) in [5.74, 6) is 0.164. The lowest BCUT2D eigenvalue weighted by molar-refractivity contribution is 0.294. The van der Waals surface area contributed by atoms with E-state index in [9.17, 15) is 8.78 Å². The fraction of sp³-hybridized carbons (Fsp3) is 0.500. The van der Waals surface area contributed by atoms with E-state index < -0.39 is 11.6 Å². The summed E-state index contributed by atoms with van der Waals surface area (Å²) < 4.78 is 29.4. The molecule has 1 fully saturated rings. The van der Waals surface area contributed by atoms with Crippen molar-refractivity contribution < 1.29 is 8.78 Å². The summed E-state index contributed by atoms with van der Waals surface area (Å²) in [6, 6.07) is 6.74. The third-order valence-corrected chi connectivity index (χ3v) is 6.51. The van der Waals surface area contributed by atoms with Gasteiger partial charge in [0.15, 0.2) is 0 Å². The van der Waals surface area contributed by atoms with Crippen LogP contribution in [0.2, 0.25) is 0 Å². The molecule has 1 aromatic heterocycles. The molecule has 1 nitrogen and oxygen atoms in total. The predicted molar refractivity (Wildman–Crippen MR) is 122 cm³/mol. The Morgan fingerprint density at radius 1 is 1.03 bits per heavy atom. The molecular formula is C26H32ClF2N. The summed E-state index contributed by atoms with van der Waals surface area (Å²) in [5, 5.41) is 0. The fourth-order valence-corrected chi connectivity index (χ4v) is 4.64. The van der Waals surface area contributed by atoms with Gasteiger partial charge in [-0.05, 0) is 87.0 Å². The van der Waals surface area contributed by atoms with E-state index in [1.54, 1.807) is 5.54 Å². The van der Waals surface area contributed by atoms with Crippen molar-refractivity contribution in [2.45, 2.75) is 71.1 Å². The van der Waals surface area contributed by atoms with Crippen molar-refractivity contribution in [1.82, 2.24) is 4.98 Å². The van der Waals surface area contributed by atoms with Crippen molar-refractivity contribution in [2.24, 2.45) is 11.8 Å². The van der Waals surface area contributed by atoms with Crippen LogP contribution in [0.1, 0.15) is 69.4 Å². The largest absolute Gasteiger partial charge is 0.256 e. The molecule has 1 aromatic carbocycles. The number of halogens is 3. The maximum absolute atomic E-state index is 14.7. The van der Waals surface area contributed by atoms with E-state index in [-0.39, 0.29) is 5.56 Å². The molecular weight excluding hydrogens is 400 g/mol. The first-order chi connectivity index (χ1) is 14.6. The lowest BCUT2D eigenvalue weighted by Crippen LogP contribution is -2.14. The molecule has 0 spiro atoms. The number of aryl methyl sites for hydroxylation is 1. The van der Waals surface area contributed by atoms with Gasteiger partial charge in [-0.1, -0.05) is 43.5 Å². The lowest BCUT2D eigenvalue weighted by atomic mass is 9.79. The first kappa shape index (κ1) is 22.9. The van der Waals surface area contributed by atoms with Gasteiger partial charge in [-0.15, -0.1) is 0 Å². The molecule has 0 aliphatic heterocycles. The zero-order valence-electron chi connectivity index (χ0n) is 17.8. The minimum absolute atomic E-state index is 0.206. The number of benzene rings is 1. The van der Waals surface area contributed by atoms with Gasteiger partial charge < -0.3 is 0 Å². The van der Waals surface area contributed by atoms with E-state index in [0.717, 1.165) is 44.9 Å². The van der Waals surface area contributed by atoms with Crippen LogP contribution >= 0.6 is 11.6 Å². The van der Waals surface area contributed by atoms with Crippen molar-refractivity contribution in [3.8, 4) is 11.3 Å². The predicted octanol–water partition coefficient (Wildman–Crippen LogP) is 8.25. The van der Waals surface area contributed by atoms with Crippen molar-refractivity contribution in [3.63, 3.8) is 0 Å². The number of hydrogen-bond donors (Lipinski definition) is 0. The van der Waals surface area contributed by atoms with Gasteiger partial charge in [0.2, 0.25) is 0 Å². The second-order valence-electron chi connectivity index (χ2n) is 8.57. The van der Waals surface area contributed by atoms with Gasteiger partial charge in [-0.25, -0.2) is 8.78 Å². The molecule has 0 N–H and O–H groups in total. The maximum Gasteiger partial charge on any atom is 0.129 e. The highest BCUT2D eigenvalue weighted by atomic mass is 35.5. The number of pyridine rings is 1. The van der Waals surface area contributed by atoms with E-state index in [0.29, 0.717) is 29.5 Å². The van der Waals surface area contributed by atoms with Gasteiger partial charge in [-0.3, -0.25) is 4.98 Å². The molecule has 0 radical (unpaired) electrons. The van der Waals surface area contributed by atoms with Crippen LogP contribution in [0.4, 0.5) is 8.78 Å². The van der Waals surface area contributed by atoms with Crippen LogP contribution < -0.4 is 0 Å². The first-order valence-electron chi connectivity index (χ1n) is 11.3. The summed E-state index contributed by atoms with van der Waals surface area (Å²) in [6.07, 6.45) is 14.1. The van der Waals surface area contributed by atoms with Gasteiger partial charge >= 0.3 is 0 Å². The Morgan fingerprint density at radius 3 is 2.37 bits per heavy atom. The Kier molecular flexibility index (Phi) is 8.87. The summed E-state index contributed by atoms with van der Waals surface area (Å²) in [5.41, 5.74) is 4.09. The lowest BCUT2D eigenvalue weighted by Gasteiger charge is -2.26. The maximum atomic E-state index is 14.7. The number of nitrogens with zero attached hydrogens (tertiary/aromatic N) is 1. The molecule has 30 heavy (non-hydrogen) atoms. The fourth-order valence-electron chi connectivity index (χ4n) is 4.43. The standard InChI is InChI=1S/C26H32ClF2N/c1-2-3-4-5-21-11-13-26(30-18-21)22-16-24(28)23(25(29)17-22)12-10-19-6-8-20(9-7-19)14-15-27/h11,13-20H,2-10,12H2,1H3/b15-14+. The molecule has 4 heteroatoms. The third-order valence-electron chi connectivity index (χ3n) is 6.37. The molecule has 162 valence electrons. The number of rotatable bonds is 9. The van der Waals surface area contributed by atoms with E-state index >= 15 is 0 Å². The van der Waals surface area contributed by atoms with Crippen LogP contribution in [0, 0.1) is 23.5 Å². The SMILES string of the molecule is CCCCCc1ccc(-c2cc(F)c(CCC3CCC(/C=C/Cl)CC3)c(F)c2)nc1. The highest BCUT2D eigenvalue weighted by molar-refractivity contribution is 6.25. The Morgan fingerprint density at radius 2 is 1.77 bits per heavy atom. The Bertz CT molecular complexity index is 800. The minimum atomic E-state index is -0.461. The van der Waals surface area contributed by atoms with Crippen LogP contribution in [0.5, 0.6) is 0 Å². The summed E-state index contributed by atoms with van der Waals surface area (Å²) in [4.78, 5) is 4.43. The molecule has 1 saturated carbocycles. The third kappa shape index (κ3) is 6.38. The average Bonchev–Trinajstić information content (AvgIpc) is 2.75. The molecule has 2 aromatic rings. The second-order valence-corrected chi connectivity index (χ2v) is 8.82. The highest BCUT2D eigenvalue weighted by Crippen LogP contribution is 2.33. The zero-order valence-corrected chi connectivity index (χ0v) is 18.6. The molecule has 0 bridgehead atoms. The molecule has 1 heterocycles. The summed E-state index contributed by atoms with van der Waals surface area (Å²) in [6.45, 7) is 2.18. The molecule has 0 saturated heterocycles. The van der Waals surface area contributed by atoms with Gasteiger partial charge in [0.05, 0.1) is 5.69 Å². The molecule has 0 amide bonds. The van der Waals surface area contributed by atoms with E-state index in [2.05, 4.69) is 18.0 Å². The van der Waals surface area contributed by atoms with Gasteiger partial charge in [0.25, 0.3) is 0 Å². The number of aromatic nitrogens is 1. The van der Waals surface area contributed by atoms with Crippen LogP contribution in [-0.4, -0.2) is 4.98 Å². The number of allylic oxidation sites excluding steroid dienone is 1. The first-order valence-corrected chi connectivity index (χ1v) is 11.7. The van der Waals surface area contributed by atoms with E-state index in [1.807, 2.05) is 18.3 Å². The van der Waals surface area contributed by atoms with Crippen molar-refractivity contribution >= 4 is 11.6 Å². The highest BCUT2D eigenvalue weighted by Gasteiger charge is 2.21. The quantitative estimate of drug-likeness (QED) is 0.364. The van der Waals surface area contributed by atoms with Gasteiger partial charge in [0, 0.05) is 22.9 Å². The molecule has 0 atom stereocenters. The van der Waals surface area contributed by atoms with Crippen LogP contribution in [-0.2, 0) is 12.8 Å². The Hall–Kier alpha value is -1.74. The van der Waals surface area contributed by atoms with Crippen molar-refractivity contribution in [3.05, 3.63) is 64.8 Å². The Balaban J connectivity index is 1.60. The second kappa shape index (κ2) is 11.6. The van der Waals surface area contributed by atoms with Crippen LogP contribution in [0.3, 0.4) is 0 Å². The minimum Gasteiger partial charge on any atom is -0.256 e. The topological polar surface area (TPSA) is 12.9 Å². The van der Waals surface area contributed by atoms with Crippen molar-refractivity contribution in [2.75, 3.05) is 0 Å². The molecule has 1 aliphatic carbocycles. The van der Waals surface area contributed by atoms with Gasteiger partial charge in [-0.2, -0.15) is 0 Å². The monoisotopic (exact) mass is 431 g/mol. The van der Waals surface area contributed by atoms with E-state index in [1.165, 1.54) is 30.5 Å². The van der Waals surface area contributed by atoms with Crippen LogP contribution in [0.25, 0.3) is 11.3 Å². The molecule has 0 unspecified atom stereocenters. The zero-order chi connectivity index (χ0) is 21.3. The average molecular weight is 432 g/mol. The number of hydrogen-bond acceptors (Lipinski definition) is 1.